The van der Waals surface area contributed by atoms with Crippen LogP contribution in [0.3, 0.4) is 0 Å². The number of aromatic nitrogens is 3. The number of nitrogens with zero attached hydrogens (tertiary/aromatic N) is 4. The highest BCUT2D eigenvalue weighted by molar-refractivity contribution is 5.40. The van der Waals surface area contributed by atoms with Gasteiger partial charge in [0, 0.05) is 21.3 Å². The summed E-state index contributed by atoms with van der Waals surface area (Å²) in [6, 6.07) is 0. The Morgan fingerprint density at radius 3 is 1.51 bits per heavy atom. The maximum atomic E-state index is 6.09. The van der Waals surface area contributed by atoms with Crippen LogP contribution in [0.25, 0.3) is 0 Å². The van der Waals surface area contributed by atoms with E-state index in [0.29, 0.717) is 19.8 Å². The van der Waals surface area contributed by atoms with E-state index in [-0.39, 0.29) is 31.2 Å². The summed E-state index contributed by atoms with van der Waals surface area (Å²) in [5, 5.41) is 0. The van der Waals surface area contributed by atoms with Gasteiger partial charge in [0.1, 0.15) is 13.3 Å². The SMILES string of the molecule is CCCCOC(COCN(c1nc(N)nc(N)n1)C(OC)(OC)OC)(OCCCC)OCCCC. The lowest BCUT2D eigenvalue weighted by Crippen LogP contribution is -2.56. The molecule has 0 radical (unpaired) electrons. The van der Waals surface area contributed by atoms with Gasteiger partial charge in [-0.15, -0.1) is 0 Å². The predicted molar refractivity (Wildman–Crippen MR) is 131 cm³/mol. The number of nitrogen functional groups attached to an aromatic ring is 2. The van der Waals surface area contributed by atoms with Crippen LogP contribution in [0, 0.1) is 0 Å². The van der Waals surface area contributed by atoms with Crippen molar-refractivity contribution in [3.05, 3.63) is 0 Å². The standard InChI is InChI=1S/C22H44N6O7/c1-7-10-13-33-21(34-14-11-8-2,35-15-12-9-3)16-32-17-28(22(29-4,30-5)31-6)20-26-18(23)25-19(24)27-20/h7-17H2,1-6H3,(H4,23,24,25,26,27). The number of hydrogen-bond acceptors (Lipinski definition) is 13. The van der Waals surface area contributed by atoms with Crippen LogP contribution in [-0.4, -0.2) is 81.5 Å². The van der Waals surface area contributed by atoms with Crippen molar-refractivity contribution in [2.75, 3.05) is 70.9 Å². The summed E-state index contributed by atoms with van der Waals surface area (Å²) in [6.07, 6.45) is 3.72. The number of hydrogen-bond donors (Lipinski definition) is 2. The van der Waals surface area contributed by atoms with Crippen molar-refractivity contribution in [1.82, 2.24) is 15.0 Å². The van der Waals surface area contributed by atoms with E-state index in [1.165, 1.54) is 26.2 Å². The summed E-state index contributed by atoms with van der Waals surface area (Å²) < 4.78 is 40.7. The van der Waals surface area contributed by atoms with Crippen molar-refractivity contribution >= 4 is 17.8 Å². The van der Waals surface area contributed by atoms with E-state index in [4.69, 9.17) is 44.6 Å². The minimum Gasteiger partial charge on any atom is -0.368 e. The van der Waals surface area contributed by atoms with Gasteiger partial charge < -0.3 is 44.6 Å². The van der Waals surface area contributed by atoms with E-state index in [9.17, 15) is 0 Å². The van der Waals surface area contributed by atoms with Crippen molar-refractivity contribution in [3.63, 3.8) is 0 Å². The fourth-order valence-electron chi connectivity index (χ4n) is 2.99. The molecular weight excluding hydrogens is 460 g/mol. The van der Waals surface area contributed by atoms with E-state index < -0.39 is 12.1 Å². The first-order valence-corrected chi connectivity index (χ1v) is 12.1. The molecule has 0 aliphatic rings. The highest BCUT2D eigenvalue weighted by Gasteiger charge is 2.42. The Morgan fingerprint density at radius 1 is 0.714 bits per heavy atom. The molecule has 0 bridgehead atoms. The third-order valence-electron chi connectivity index (χ3n) is 4.96. The number of anilines is 3. The van der Waals surface area contributed by atoms with E-state index in [2.05, 4.69) is 35.7 Å². The second-order valence-electron chi connectivity index (χ2n) is 7.68. The average molecular weight is 505 g/mol. The number of unbranched alkanes of at least 4 members (excludes halogenated alkanes) is 3. The molecule has 13 heteroatoms. The van der Waals surface area contributed by atoms with Gasteiger partial charge in [0.25, 0.3) is 0 Å². The monoisotopic (exact) mass is 504 g/mol. The van der Waals surface area contributed by atoms with Crippen LogP contribution < -0.4 is 16.4 Å². The fourth-order valence-corrected chi connectivity index (χ4v) is 2.99. The third-order valence-corrected chi connectivity index (χ3v) is 4.96. The molecule has 0 spiro atoms. The van der Waals surface area contributed by atoms with Gasteiger partial charge in [0.15, 0.2) is 0 Å². The Labute approximate surface area is 208 Å². The molecule has 1 heterocycles. The van der Waals surface area contributed by atoms with Crippen LogP contribution >= 0.6 is 0 Å². The number of nitrogens with two attached hydrogens (primary N) is 2. The third kappa shape index (κ3) is 9.95. The van der Waals surface area contributed by atoms with Crippen molar-refractivity contribution < 1.29 is 33.2 Å². The zero-order chi connectivity index (χ0) is 26.2. The molecule has 13 nitrogen and oxygen atoms in total. The fraction of sp³-hybridized carbons (Fsp3) is 0.864. The molecule has 0 saturated carbocycles. The number of rotatable bonds is 21. The van der Waals surface area contributed by atoms with E-state index >= 15 is 0 Å². The minimum absolute atomic E-state index is 0.0249. The van der Waals surface area contributed by atoms with Crippen LogP contribution in [0.2, 0.25) is 0 Å². The van der Waals surface area contributed by atoms with Gasteiger partial charge in [0.05, 0.1) is 19.8 Å². The predicted octanol–water partition coefficient (Wildman–Crippen LogP) is 2.47. The van der Waals surface area contributed by atoms with E-state index in [0.717, 1.165) is 38.5 Å². The van der Waals surface area contributed by atoms with Gasteiger partial charge in [-0.05, 0) is 19.3 Å². The van der Waals surface area contributed by atoms with E-state index in [1.54, 1.807) is 0 Å². The Bertz CT molecular complexity index is 641. The second-order valence-corrected chi connectivity index (χ2v) is 7.68. The Balaban J connectivity index is 3.17. The summed E-state index contributed by atoms with van der Waals surface area (Å²) in [7, 11) is 4.19. The Kier molecular flexibility index (Phi) is 14.9. The highest BCUT2D eigenvalue weighted by Crippen LogP contribution is 2.26. The van der Waals surface area contributed by atoms with Crippen LogP contribution in [0.4, 0.5) is 17.8 Å². The van der Waals surface area contributed by atoms with Gasteiger partial charge in [-0.25, -0.2) is 4.90 Å². The first kappa shape index (κ1) is 31.2. The van der Waals surface area contributed by atoms with Gasteiger partial charge >= 0.3 is 12.1 Å². The van der Waals surface area contributed by atoms with Gasteiger partial charge in [-0.1, -0.05) is 40.0 Å². The first-order valence-electron chi connectivity index (χ1n) is 12.1. The van der Waals surface area contributed by atoms with Crippen LogP contribution in [0.5, 0.6) is 0 Å². The zero-order valence-electron chi connectivity index (χ0n) is 22.1. The Hall–Kier alpha value is -1.87. The quantitative estimate of drug-likeness (QED) is 0.186. The van der Waals surface area contributed by atoms with Gasteiger partial charge in [-0.3, -0.25) is 0 Å². The molecule has 35 heavy (non-hydrogen) atoms. The maximum Gasteiger partial charge on any atom is 0.380 e. The summed E-state index contributed by atoms with van der Waals surface area (Å²) in [6.45, 7) is 7.40. The molecule has 1 aromatic heterocycles. The second kappa shape index (κ2) is 16.7. The molecule has 0 fully saturated rings. The molecule has 4 N–H and O–H groups in total. The van der Waals surface area contributed by atoms with Crippen molar-refractivity contribution in [1.29, 1.82) is 0 Å². The van der Waals surface area contributed by atoms with Gasteiger partial charge in [0.2, 0.25) is 17.8 Å². The normalized spacial score (nSPS) is 12.3. The van der Waals surface area contributed by atoms with Crippen LogP contribution in [0.15, 0.2) is 0 Å². The lowest BCUT2D eigenvalue weighted by Gasteiger charge is -2.39. The Morgan fingerprint density at radius 2 is 1.14 bits per heavy atom. The lowest BCUT2D eigenvalue weighted by molar-refractivity contribution is -0.398. The summed E-state index contributed by atoms with van der Waals surface area (Å²) in [5.74, 6) is -1.52. The largest absolute Gasteiger partial charge is 0.380 e. The highest BCUT2D eigenvalue weighted by atomic mass is 16.9. The van der Waals surface area contributed by atoms with Gasteiger partial charge in [-0.2, -0.15) is 15.0 Å². The number of methoxy groups -OCH3 is 3. The average Bonchev–Trinajstić information content (AvgIpc) is 2.84. The van der Waals surface area contributed by atoms with Crippen molar-refractivity contribution in [2.45, 2.75) is 71.4 Å². The van der Waals surface area contributed by atoms with Crippen LogP contribution in [0.1, 0.15) is 59.3 Å². The zero-order valence-corrected chi connectivity index (χ0v) is 22.1. The summed E-state index contributed by atoms with van der Waals surface area (Å²) in [4.78, 5) is 13.4. The van der Waals surface area contributed by atoms with E-state index in [1.807, 2.05) is 0 Å². The molecular formula is C22H44N6O7. The molecule has 0 atom stereocenters. The molecule has 1 aromatic rings. The molecule has 0 aliphatic heterocycles. The summed E-state index contributed by atoms with van der Waals surface area (Å²) >= 11 is 0. The van der Waals surface area contributed by atoms with Crippen LogP contribution in [-0.2, 0) is 33.2 Å². The molecule has 0 aromatic carbocycles. The molecule has 204 valence electrons. The lowest BCUT2D eigenvalue weighted by atomic mass is 10.3. The molecule has 0 aliphatic carbocycles. The minimum atomic E-state index is -1.74. The maximum absolute atomic E-state index is 6.09. The number of ether oxygens (including phenoxy) is 7. The molecule has 0 saturated heterocycles. The molecule has 1 rings (SSSR count). The topological polar surface area (TPSA) is 159 Å². The van der Waals surface area contributed by atoms with Crippen molar-refractivity contribution in [2.24, 2.45) is 0 Å². The molecule has 0 amide bonds. The first-order chi connectivity index (χ1) is 16.9. The van der Waals surface area contributed by atoms with Crippen molar-refractivity contribution in [3.8, 4) is 0 Å². The molecule has 0 unspecified atom stereocenters. The summed E-state index contributed by atoms with van der Waals surface area (Å²) in [5.41, 5.74) is 11.5. The smallest absolute Gasteiger partial charge is 0.368 e.